The largest absolute Gasteiger partial charge is 0.443 e. The molecule has 2 aromatic heterocycles. The summed E-state index contributed by atoms with van der Waals surface area (Å²) in [6.07, 6.45) is 2.65. The van der Waals surface area contributed by atoms with Gasteiger partial charge in [-0.1, -0.05) is 6.07 Å². The van der Waals surface area contributed by atoms with E-state index < -0.39 is 0 Å². The van der Waals surface area contributed by atoms with Crippen molar-refractivity contribution in [3.8, 4) is 0 Å². The molecular formula is C14H12N2O2S. The lowest BCUT2D eigenvalue weighted by Crippen LogP contribution is -2.11. The molecule has 19 heavy (non-hydrogen) atoms. The van der Waals surface area contributed by atoms with E-state index in [0.29, 0.717) is 6.42 Å². The van der Waals surface area contributed by atoms with Gasteiger partial charge in [0.1, 0.15) is 5.52 Å². The summed E-state index contributed by atoms with van der Waals surface area (Å²) >= 11 is 1.67. The van der Waals surface area contributed by atoms with Gasteiger partial charge in [0.25, 0.3) is 0 Å². The average Bonchev–Trinajstić information content (AvgIpc) is 3.07. The Kier molecular flexibility index (Phi) is 3.29. The average molecular weight is 272 g/mol. The maximum atomic E-state index is 11.8. The van der Waals surface area contributed by atoms with Gasteiger partial charge in [0.05, 0.1) is 0 Å². The monoisotopic (exact) mass is 272 g/mol. The molecule has 0 unspecified atom stereocenters. The molecule has 0 aliphatic carbocycles. The summed E-state index contributed by atoms with van der Waals surface area (Å²) < 4.78 is 5.15. The Morgan fingerprint density at radius 2 is 2.32 bits per heavy atom. The van der Waals surface area contributed by atoms with Crippen molar-refractivity contribution < 1.29 is 9.21 Å². The van der Waals surface area contributed by atoms with Crippen molar-refractivity contribution in [3.05, 3.63) is 47.0 Å². The Labute approximate surface area is 114 Å². The minimum atomic E-state index is 0.0104. The van der Waals surface area contributed by atoms with Crippen LogP contribution in [0.4, 0.5) is 5.69 Å². The van der Waals surface area contributed by atoms with Crippen molar-refractivity contribution in [2.45, 2.75) is 12.8 Å². The van der Waals surface area contributed by atoms with Gasteiger partial charge in [0, 0.05) is 17.0 Å². The maximum Gasteiger partial charge on any atom is 0.224 e. The first-order chi connectivity index (χ1) is 9.31. The summed E-state index contributed by atoms with van der Waals surface area (Å²) in [5, 5.41) is 4.89. The number of anilines is 1. The van der Waals surface area contributed by atoms with Gasteiger partial charge in [-0.05, 0) is 36.1 Å². The standard InChI is InChI=1S/C14H12N2O2S/c17-14(6-4-11-2-1-7-19-11)16-10-3-5-13-12(8-10)15-9-18-13/h1-3,5,7-9H,4,6H2,(H,16,17). The number of hydrogen-bond acceptors (Lipinski definition) is 4. The van der Waals surface area contributed by atoms with E-state index in [0.717, 1.165) is 23.2 Å². The Morgan fingerprint density at radius 1 is 1.37 bits per heavy atom. The first-order valence-electron chi connectivity index (χ1n) is 5.97. The highest BCUT2D eigenvalue weighted by atomic mass is 32.1. The zero-order valence-electron chi connectivity index (χ0n) is 10.1. The van der Waals surface area contributed by atoms with Crippen LogP contribution in [0.25, 0.3) is 11.1 Å². The molecule has 3 rings (SSSR count). The van der Waals surface area contributed by atoms with Crippen molar-refractivity contribution in [2.24, 2.45) is 0 Å². The Morgan fingerprint density at radius 3 is 3.16 bits per heavy atom. The van der Waals surface area contributed by atoms with Crippen molar-refractivity contribution in [1.82, 2.24) is 4.98 Å². The fraction of sp³-hybridized carbons (Fsp3) is 0.143. The molecule has 1 amide bonds. The smallest absolute Gasteiger partial charge is 0.224 e. The van der Waals surface area contributed by atoms with Gasteiger partial charge in [-0.15, -0.1) is 11.3 Å². The molecule has 0 saturated heterocycles. The maximum absolute atomic E-state index is 11.8. The van der Waals surface area contributed by atoms with Gasteiger partial charge in [-0.2, -0.15) is 0 Å². The van der Waals surface area contributed by atoms with Crippen LogP contribution in [-0.4, -0.2) is 10.9 Å². The summed E-state index contributed by atoms with van der Waals surface area (Å²) in [7, 11) is 0. The minimum Gasteiger partial charge on any atom is -0.443 e. The summed E-state index contributed by atoms with van der Waals surface area (Å²) in [5.74, 6) is 0.0104. The number of nitrogens with zero attached hydrogens (tertiary/aromatic N) is 1. The van der Waals surface area contributed by atoms with Crippen LogP contribution in [0.2, 0.25) is 0 Å². The van der Waals surface area contributed by atoms with Crippen LogP contribution >= 0.6 is 11.3 Å². The van der Waals surface area contributed by atoms with Crippen LogP contribution < -0.4 is 5.32 Å². The van der Waals surface area contributed by atoms with Crippen LogP contribution in [0.1, 0.15) is 11.3 Å². The van der Waals surface area contributed by atoms with Crippen LogP contribution in [0, 0.1) is 0 Å². The van der Waals surface area contributed by atoms with Crippen molar-refractivity contribution in [2.75, 3.05) is 5.32 Å². The molecule has 5 heteroatoms. The lowest BCUT2D eigenvalue weighted by molar-refractivity contribution is -0.116. The second kappa shape index (κ2) is 5.24. The van der Waals surface area contributed by atoms with Gasteiger partial charge in [0.2, 0.25) is 5.91 Å². The van der Waals surface area contributed by atoms with Crippen LogP contribution in [-0.2, 0) is 11.2 Å². The van der Waals surface area contributed by atoms with Crippen LogP contribution in [0.15, 0.2) is 46.5 Å². The fourth-order valence-electron chi connectivity index (χ4n) is 1.85. The highest BCUT2D eigenvalue weighted by Crippen LogP contribution is 2.18. The Bertz CT molecular complexity index is 688. The normalized spacial score (nSPS) is 10.7. The van der Waals surface area contributed by atoms with Crippen molar-refractivity contribution >= 4 is 34.0 Å². The summed E-state index contributed by atoms with van der Waals surface area (Å²) in [6.45, 7) is 0. The predicted molar refractivity (Wildman–Crippen MR) is 75.3 cm³/mol. The van der Waals surface area contributed by atoms with E-state index in [2.05, 4.69) is 10.3 Å². The molecule has 0 atom stereocenters. The molecule has 1 aromatic carbocycles. The van der Waals surface area contributed by atoms with Crippen molar-refractivity contribution in [1.29, 1.82) is 0 Å². The third-order valence-electron chi connectivity index (χ3n) is 2.79. The second-order valence-electron chi connectivity index (χ2n) is 4.16. The van der Waals surface area contributed by atoms with Crippen LogP contribution in [0.5, 0.6) is 0 Å². The molecule has 0 radical (unpaired) electrons. The molecule has 0 aliphatic heterocycles. The number of oxazole rings is 1. The van der Waals surface area contributed by atoms with Gasteiger partial charge in [0.15, 0.2) is 12.0 Å². The molecule has 0 saturated carbocycles. The van der Waals surface area contributed by atoms with Gasteiger partial charge in [-0.25, -0.2) is 4.98 Å². The minimum absolute atomic E-state index is 0.0104. The number of hydrogen-bond donors (Lipinski definition) is 1. The van der Waals surface area contributed by atoms with Gasteiger partial charge >= 0.3 is 0 Å². The molecule has 0 spiro atoms. The number of amides is 1. The van der Waals surface area contributed by atoms with E-state index >= 15 is 0 Å². The molecule has 2 heterocycles. The summed E-state index contributed by atoms with van der Waals surface area (Å²) in [6, 6.07) is 9.46. The van der Waals surface area contributed by atoms with Gasteiger partial charge < -0.3 is 9.73 Å². The van der Waals surface area contributed by atoms with E-state index in [1.165, 1.54) is 11.3 Å². The summed E-state index contributed by atoms with van der Waals surface area (Å²) in [5.41, 5.74) is 2.21. The number of carbonyl (C=O) groups excluding carboxylic acids is 1. The number of aryl methyl sites for hydroxylation is 1. The first-order valence-corrected chi connectivity index (χ1v) is 6.85. The molecular weight excluding hydrogens is 260 g/mol. The van der Waals surface area contributed by atoms with Crippen LogP contribution in [0.3, 0.4) is 0 Å². The molecule has 0 bridgehead atoms. The third kappa shape index (κ3) is 2.82. The highest BCUT2D eigenvalue weighted by molar-refractivity contribution is 7.09. The Balaban J connectivity index is 1.62. The zero-order chi connectivity index (χ0) is 13.1. The lowest BCUT2D eigenvalue weighted by atomic mass is 10.2. The lowest BCUT2D eigenvalue weighted by Gasteiger charge is -2.04. The number of fused-ring (bicyclic) bond motifs is 1. The second-order valence-corrected chi connectivity index (χ2v) is 5.19. The zero-order valence-corrected chi connectivity index (χ0v) is 10.9. The quantitative estimate of drug-likeness (QED) is 0.791. The number of aromatic nitrogens is 1. The van der Waals surface area contributed by atoms with Gasteiger partial charge in [-0.3, -0.25) is 4.79 Å². The molecule has 4 nitrogen and oxygen atoms in total. The molecule has 0 aliphatic rings. The molecule has 3 aromatic rings. The van der Waals surface area contributed by atoms with E-state index in [-0.39, 0.29) is 5.91 Å². The third-order valence-corrected chi connectivity index (χ3v) is 3.73. The number of nitrogens with one attached hydrogen (secondary N) is 1. The van der Waals surface area contributed by atoms with E-state index in [9.17, 15) is 4.79 Å². The number of benzene rings is 1. The number of thiophene rings is 1. The highest BCUT2D eigenvalue weighted by Gasteiger charge is 2.05. The van der Waals surface area contributed by atoms with E-state index in [1.807, 2.05) is 29.6 Å². The van der Waals surface area contributed by atoms with E-state index in [1.54, 1.807) is 17.4 Å². The summed E-state index contributed by atoms with van der Waals surface area (Å²) in [4.78, 5) is 17.1. The molecule has 96 valence electrons. The number of rotatable bonds is 4. The predicted octanol–water partition coefficient (Wildman–Crippen LogP) is 3.46. The molecule has 0 fully saturated rings. The SMILES string of the molecule is O=C(CCc1cccs1)Nc1ccc2ocnc2c1. The molecule has 1 N–H and O–H groups in total. The first kappa shape index (κ1) is 11.9. The topological polar surface area (TPSA) is 55.1 Å². The van der Waals surface area contributed by atoms with Crippen molar-refractivity contribution in [3.63, 3.8) is 0 Å². The Hall–Kier alpha value is -2.14. The fourth-order valence-corrected chi connectivity index (χ4v) is 2.56. The van der Waals surface area contributed by atoms with E-state index in [4.69, 9.17) is 4.42 Å². The number of carbonyl (C=O) groups is 1.